The summed E-state index contributed by atoms with van der Waals surface area (Å²) < 4.78 is 2.83. The third-order valence-electron chi connectivity index (χ3n) is 4.93. The number of nitrogens with one attached hydrogen (secondary N) is 1. The first-order valence-electron chi connectivity index (χ1n) is 9.35. The maximum atomic E-state index is 12.5. The van der Waals surface area contributed by atoms with Crippen LogP contribution in [0.2, 0.25) is 0 Å². The first-order chi connectivity index (χ1) is 14.0. The van der Waals surface area contributed by atoms with Crippen LogP contribution in [0, 0.1) is 0 Å². The summed E-state index contributed by atoms with van der Waals surface area (Å²) in [7, 11) is 1.72. The molecule has 146 valence electrons. The molecule has 0 radical (unpaired) electrons. The van der Waals surface area contributed by atoms with Crippen LogP contribution in [-0.4, -0.2) is 25.2 Å². The van der Waals surface area contributed by atoms with Gasteiger partial charge in [0.15, 0.2) is 5.65 Å². The van der Waals surface area contributed by atoms with Gasteiger partial charge in [-0.3, -0.25) is 18.8 Å². The lowest BCUT2D eigenvalue weighted by atomic mass is 10.0. The summed E-state index contributed by atoms with van der Waals surface area (Å²) in [4.78, 5) is 29.2. The van der Waals surface area contributed by atoms with Crippen molar-refractivity contribution in [1.29, 1.82) is 0 Å². The predicted octanol–water partition coefficient (Wildman–Crippen LogP) is 2.67. The van der Waals surface area contributed by atoms with E-state index < -0.39 is 0 Å². The van der Waals surface area contributed by atoms with Crippen molar-refractivity contribution in [1.82, 2.24) is 24.6 Å². The molecule has 1 amide bonds. The van der Waals surface area contributed by atoms with Crippen LogP contribution in [0.25, 0.3) is 22.2 Å². The average molecular weight is 387 g/mol. The van der Waals surface area contributed by atoms with Gasteiger partial charge in [0, 0.05) is 7.05 Å². The highest BCUT2D eigenvalue weighted by atomic mass is 16.2. The van der Waals surface area contributed by atoms with Crippen LogP contribution >= 0.6 is 0 Å². The van der Waals surface area contributed by atoms with Crippen molar-refractivity contribution in [2.24, 2.45) is 7.05 Å². The Balaban J connectivity index is 1.44. The molecule has 2 aromatic carbocycles. The van der Waals surface area contributed by atoms with Crippen molar-refractivity contribution in [2.45, 2.75) is 19.5 Å². The normalized spacial score (nSPS) is 12.1. The van der Waals surface area contributed by atoms with E-state index in [0.29, 0.717) is 11.0 Å². The molecule has 4 aromatic rings. The van der Waals surface area contributed by atoms with E-state index in [9.17, 15) is 9.59 Å². The second-order valence-corrected chi connectivity index (χ2v) is 6.96. The number of carbonyl (C=O) groups is 1. The Morgan fingerprint density at radius 2 is 1.76 bits per heavy atom. The maximum Gasteiger partial charge on any atom is 0.264 e. The lowest BCUT2D eigenvalue weighted by molar-refractivity contribution is -0.122. The minimum Gasteiger partial charge on any atom is -0.348 e. The number of carbonyl (C=O) groups excluding carboxylic acids is 1. The van der Waals surface area contributed by atoms with E-state index in [-0.39, 0.29) is 24.1 Å². The van der Waals surface area contributed by atoms with Crippen molar-refractivity contribution >= 4 is 16.9 Å². The second-order valence-electron chi connectivity index (χ2n) is 6.96. The highest BCUT2D eigenvalue weighted by Gasteiger charge is 2.13. The summed E-state index contributed by atoms with van der Waals surface area (Å²) in [5.41, 5.74) is 3.48. The number of aromatic nitrogens is 4. The molecule has 1 N–H and O–H groups in total. The Hall–Kier alpha value is -3.74. The fraction of sp³-hybridized carbons (Fsp3) is 0.182. The standard InChI is InChI=1S/C22H21N5O2/c1-15(16-8-10-18(11-9-16)17-6-4-3-5-7-17)25-20(28)13-27-14-23-21-19(22(27)29)12-24-26(21)2/h3-12,14-15H,13H2,1-2H3,(H,25,28). The smallest absolute Gasteiger partial charge is 0.264 e. The molecular weight excluding hydrogens is 366 g/mol. The monoisotopic (exact) mass is 387 g/mol. The molecular formula is C22H21N5O2. The molecule has 2 heterocycles. The summed E-state index contributed by atoms with van der Waals surface area (Å²) in [6, 6.07) is 18.0. The second kappa shape index (κ2) is 7.71. The van der Waals surface area contributed by atoms with Gasteiger partial charge in [0.05, 0.1) is 12.2 Å². The maximum absolute atomic E-state index is 12.5. The summed E-state index contributed by atoms with van der Waals surface area (Å²) >= 11 is 0. The lowest BCUT2D eigenvalue weighted by Crippen LogP contribution is -2.33. The lowest BCUT2D eigenvalue weighted by Gasteiger charge is -2.15. The fourth-order valence-electron chi connectivity index (χ4n) is 3.30. The van der Waals surface area contributed by atoms with Crippen molar-refractivity contribution in [3.8, 4) is 11.1 Å². The van der Waals surface area contributed by atoms with Gasteiger partial charge in [-0.15, -0.1) is 0 Å². The highest BCUT2D eigenvalue weighted by molar-refractivity contribution is 5.77. The van der Waals surface area contributed by atoms with Gasteiger partial charge in [-0.25, -0.2) is 4.98 Å². The zero-order chi connectivity index (χ0) is 20.4. The van der Waals surface area contributed by atoms with E-state index in [1.807, 2.05) is 49.4 Å². The van der Waals surface area contributed by atoms with E-state index in [0.717, 1.165) is 16.7 Å². The number of rotatable bonds is 5. The quantitative estimate of drug-likeness (QED) is 0.571. The molecule has 0 bridgehead atoms. The van der Waals surface area contributed by atoms with Gasteiger partial charge >= 0.3 is 0 Å². The zero-order valence-electron chi connectivity index (χ0n) is 16.2. The van der Waals surface area contributed by atoms with E-state index in [2.05, 4.69) is 27.5 Å². The molecule has 0 saturated heterocycles. The molecule has 0 aliphatic rings. The first-order valence-corrected chi connectivity index (χ1v) is 9.35. The highest BCUT2D eigenvalue weighted by Crippen LogP contribution is 2.21. The number of hydrogen-bond acceptors (Lipinski definition) is 4. The van der Waals surface area contributed by atoms with Crippen LogP contribution in [0.15, 0.2) is 71.9 Å². The number of amides is 1. The largest absolute Gasteiger partial charge is 0.348 e. The van der Waals surface area contributed by atoms with Crippen molar-refractivity contribution in [2.75, 3.05) is 0 Å². The Bertz CT molecular complexity index is 1210. The minimum absolute atomic E-state index is 0.0941. The van der Waals surface area contributed by atoms with Crippen LogP contribution in [0.1, 0.15) is 18.5 Å². The molecule has 0 aliphatic carbocycles. The number of benzene rings is 2. The summed E-state index contributed by atoms with van der Waals surface area (Å²) in [6.45, 7) is 1.82. The summed E-state index contributed by atoms with van der Waals surface area (Å²) in [6.07, 6.45) is 2.85. The van der Waals surface area contributed by atoms with Crippen molar-refractivity contribution in [3.63, 3.8) is 0 Å². The van der Waals surface area contributed by atoms with Gasteiger partial charge in [0.2, 0.25) is 5.91 Å². The number of fused-ring (bicyclic) bond motifs is 1. The Labute approximate surface area is 167 Å². The van der Waals surface area contributed by atoms with Gasteiger partial charge < -0.3 is 5.32 Å². The van der Waals surface area contributed by atoms with Gasteiger partial charge in [-0.2, -0.15) is 5.10 Å². The SMILES string of the molecule is CC(NC(=O)Cn1cnc2c(cnn2C)c1=O)c1ccc(-c2ccccc2)cc1. The summed E-state index contributed by atoms with van der Waals surface area (Å²) in [5.74, 6) is -0.253. The first kappa shape index (κ1) is 18.6. The summed E-state index contributed by atoms with van der Waals surface area (Å²) in [5, 5.41) is 7.37. The number of nitrogens with zero attached hydrogens (tertiary/aromatic N) is 4. The van der Waals surface area contributed by atoms with Gasteiger partial charge in [0.25, 0.3) is 5.56 Å². The van der Waals surface area contributed by atoms with Crippen LogP contribution in [-0.2, 0) is 18.4 Å². The Kier molecular flexibility index (Phi) is 4.95. The van der Waals surface area contributed by atoms with E-state index in [4.69, 9.17) is 0 Å². The van der Waals surface area contributed by atoms with Crippen LogP contribution in [0.4, 0.5) is 0 Å². The minimum atomic E-state index is -0.280. The van der Waals surface area contributed by atoms with Crippen LogP contribution in [0.5, 0.6) is 0 Å². The van der Waals surface area contributed by atoms with Crippen molar-refractivity contribution in [3.05, 3.63) is 83.0 Å². The van der Waals surface area contributed by atoms with Gasteiger partial charge in [-0.05, 0) is 23.6 Å². The molecule has 7 nitrogen and oxygen atoms in total. The molecule has 1 atom stereocenters. The van der Waals surface area contributed by atoms with Crippen molar-refractivity contribution < 1.29 is 4.79 Å². The molecule has 0 aliphatic heterocycles. The molecule has 7 heteroatoms. The van der Waals surface area contributed by atoms with E-state index in [1.54, 1.807) is 7.05 Å². The van der Waals surface area contributed by atoms with E-state index >= 15 is 0 Å². The number of hydrogen-bond donors (Lipinski definition) is 1. The Morgan fingerprint density at radius 3 is 2.48 bits per heavy atom. The predicted molar refractivity (Wildman–Crippen MR) is 111 cm³/mol. The van der Waals surface area contributed by atoms with E-state index in [1.165, 1.54) is 21.8 Å². The molecule has 0 fully saturated rings. The molecule has 29 heavy (non-hydrogen) atoms. The van der Waals surface area contributed by atoms with Crippen LogP contribution in [0.3, 0.4) is 0 Å². The van der Waals surface area contributed by atoms with Gasteiger partial charge in [0.1, 0.15) is 18.3 Å². The molecule has 0 spiro atoms. The zero-order valence-corrected chi connectivity index (χ0v) is 16.2. The molecule has 2 aromatic heterocycles. The molecule has 4 rings (SSSR count). The third kappa shape index (κ3) is 3.80. The average Bonchev–Trinajstić information content (AvgIpc) is 3.12. The van der Waals surface area contributed by atoms with Crippen LogP contribution < -0.4 is 10.9 Å². The Morgan fingerprint density at radius 1 is 1.07 bits per heavy atom. The fourth-order valence-corrected chi connectivity index (χ4v) is 3.30. The topological polar surface area (TPSA) is 81.8 Å². The molecule has 0 saturated carbocycles. The molecule has 1 unspecified atom stereocenters. The number of aryl methyl sites for hydroxylation is 1. The van der Waals surface area contributed by atoms with Gasteiger partial charge in [-0.1, -0.05) is 54.6 Å². The third-order valence-corrected chi connectivity index (χ3v) is 4.93.